The minimum atomic E-state index is -0.741. The number of halogens is 1. The first-order chi connectivity index (χ1) is 14.7. The summed E-state index contributed by atoms with van der Waals surface area (Å²) in [6.07, 6.45) is 6.78. The molecular formula is C23H25ClN2O4. The summed E-state index contributed by atoms with van der Waals surface area (Å²) in [7, 11) is 1.67. The number of nitrogens with zero attached hydrogens (tertiary/aromatic N) is 2. The highest BCUT2D eigenvalue weighted by Gasteiger charge is 2.42. The summed E-state index contributed by atoms with van der Waals surface area (Å²) in [6, 6.07) is 15.5. The van der Waals surface area contributed by atoms with Gasteiger partial charge in [-0.1, -0.05) is 35.9 Å². The first-order valence-corrected chi connectivity index (χ1v) is 10.3. The smallest absolute Gasteiger partial charge is 0.187 e. The van der Waals surface area contributed by atoms with E-state index in [2.05, 4.69) is 17.1 Å². The Balaban J connectivity index is 1.41. The van der Waals surface area contributed by atoms with Crippen LogP contribution in [0.15, 0.2) is 67.3 Å². The Morgan fingerprint density at radius 2 is 2.03 bits per heavy atom. The van der Waals surface area contributed by atoms with E-state index in [-0.39, 0.29) is 6.10 Å². The molecule has 1 fully saturated rings. The van der Waals surface area contributed by atoms with Gasteiger partial charge in [-0.3, -0.25) is 0 Å². The number of para-hydroxylation sites is 1. The highest BCUT2D eigenvalue weighted by molar-refractivity contribution is 6.32. The lowest BCUT2D eigenvalue weighted by Crippen LogP contribution is -2.37. The third-order valence-electron chi connectivity index (χ3n) is 5.11. The minimum Gasteiger partial charge on any atom is -0.497 e. The topological polar surface area (TPSA) is 54.7 Å². The molecule has 2 unspecified atom stereocenters. The normalized spacial score (nSPS) is 20.9. The van der Waals surface area contributed by atoms with Crippen molar-refractivity contribution in [2.24, 2.45) is 0 Å². The maximum Gasteiger partial charge on any atom is 0.187 e. The molecule has 2 aromatic carbocycles. The van der Waals surface area contributed by atoms with Gasteiger partial charge in [0.1, 0.15) is 24.2 Å². The van der Waals surface area contributed by atoms with Gasteiger partial charge in [0, 0.05) is 18.8 Å². The molecule has 0 aliphatic carbocycles. The molecular weight excluding hydrogens is 404 g/mol. The molecule has 158 valence electrons. The lowest BCUT2D eigenvalue weighted by atomic mass is 10.0. The zero-order valence-corrected chi connectivity index (χ0v) is 17.6. The van der Waals surface area contributed by atoms with Gasteiger partial charge in [-0.15, -0.1) is 0 Å². The summed E-state index contributed by atoms with van der Waals surface area (Å²) in [4.78, 5) is 4.14. The first-order valence-electron chi connectivity index (χ1n) is 9.94. The van der Waals surface area contributed by atoms with E-state index in [4.69, 9.17) is 30.5 Å². The first kappa shape index (κ1) is 20.7. The standard InChI is InChI=1S/C23H25ClN2O4/c1-27-19-8-6-18(7-9-19)10-11-23(16-26-13-12-25-17-26)29-15-20(30-23)14-28-22-5-3-2-4-21(22)24/h2-9,12-13,17,20H,10-11,14-16H2,1H3. The van der Waals surface area contributed by atoms with E-state index in [9.17, 15) is 0 Å². The van der Waals surface area contributed by atoms with Gasteiger partial charge < -0.3 is 23.5 Å². The highest BCUT2D eigenvalue weighted by atomic mass is 35.5. The molecule has 3 aromatic rings. The third kappa shape index (κ3) is 5.14. The fraction of sp³-hybridized carbons (Fsp3) is 0.348. The summed E-state index contributed by atoms with van der Waals surface area (Å²) in [5.41, 5.74) is 1.20. The van der Waals surface area contributed by atoms with Crippen molar-refractivity contribution >= 4 is 11.6 Å². The number of ether oxygens (including phenoxy) is 4. The summed E-state index contributed by atoms with van der Waals surface area (Å²) < 4.78 is 25.7. The van der Waals surface area contributed by atoms with Crippen LogP contribution < -0.4 is 9.47 Å². The van der Waals surface area contributed by atoms with Gasteiger partial charge in [0.05, 0.1) is 31.6 Å². The van der Waals surface area contributed by atoms with Crippen LogP contribution in [0.3, 0.4) is 0 Å². The molecule has 6 nitrogen and oxygen atoms in total. The molecule has 1 aromatic heterocycles. The lowest BCUT2D eigenvalue weighted by molar-refractivity contribution is -0.184. The molecule has 0 N–H and O–H groups in total. The molecule has 1 saturated heterocycles. The lowest BCUT2D eigenvalue weighted by Gasteiger charge is -2.28. The van der Waals surface area contributed by atoms with Crippen molar-refractivity contribution in [1.82, 2.24) is 9.55 Å². The molecule has 0 radical (unpaired) electrons. The van der Waals surface area contributed by atoms with Gasteiger partial charge in [0.15, 0.2) is 5.79 Å². The average Bonchev–Trinajstić information content (AvgIpc) is 3.43. The fourth-order valence-corrected chi connectivity index (χ4v) is 3.71. The van der Waals surface area contributed by atoms with Gasteiger partial charge in [0.25, 0.3) is 0 Å². The van der Waals surface area contributed by atoms with E-state index in [1.165, 1.54) is 5.56 Å². The highest BCUT2D eigenvalue weighted by Crippen LogP contribution is 2.32. The van der Waals surface area contributed by atoms with Crippen LogP contribution in [-0.4, -0.2) is 41.8 Å². The van der Waals surface area contributed by atoms with Gasteiger partial charge in [0.2, 0.25) is 0 Å². The molecule has 7 heteroatoms. The van der Waals surface area contributed by atoms with Crippen LogP contribution in [-0.2, 0) is 22.4 Å². The number of imidazole rings is 1. The Labute approximate surface area is 181 Å². The zero-order valence-electron chi connectivity index (χ0n) is 16.9. The average molecular weight is 429 g/mol. The monoisotopic (exact) mass is 428 g/mol. The van der Waals surface area contributed by atoms with E-state index >= 15 is 0 Å². The Morgan fingerprint density at radius 3 is 2.77 bits per heavy atom. The van der Waals surface area contributed by atoms with Crippen molar-refractivity contribution in [2.45, 2.75) is 31.3 Å². The number of hydrogen-bond acceptors (Lipinski definition) is 5. The second-order valence-corrected chi connectivity index (χ2v) is 7.69. The minimum absolute atomic E-state index is 0.180. The molecule has 1 aliphatic heterocycles. The van der Waals surface area contributed by atoms with Crippen LogP contribution in [0.5, 0.6) is 11.5 Å². The zero-order chi connectivity index (χ0) is 20.8. The molecule has 0 bridgehead atoms. The van der Waals surface area contributed by atoms with Crippen molar-refractivity contribution in [2.75, 3.05) is 20.3 Å². The molecule has 0 spiro atoms. The number of methoxy groups -OCH3 is 1. The van der Waals surface area contributed by atoms with Gasteiger partial charge in [-0.25, -0.2) is 4.98 Å². The van der Waals surface area contributed by atoms with E-state index in [0.29, 0.717) is 37.0 Å². The molecule has 2 atom stereocenters. The molecule has 2 heterocycles. The third-order valence-corrected chi connectivity index (χ3v) is 5.42. The van der Waals surface area contributed by atoms with E-state index in [1.807, 2.05) is 41.1 Å². The SMILES string of the molecule is COc1ccc(CCC2(Cn3ccnc3)OCC(COc3ccccc3Cl)O2)cc1. The molecule has 0 amide bonds. The van der Waals surface area contributed by atoms with Crippen molar-refractivity contribution < 1.29 is 18.9 Å². The van der Waals surface area contributed by atoms with Gasteiger partial charge in [-0.2, -0.15) is 0 Å². The van der Waals surface area contributed by atoms with Crippen LogP contribution in [0.1, 0.15) is 12.0 Å². The molecule has 0 saturated carbocycles. The van der Waals surface area contributed by atoms with Gasteiger partial charge in [-0.05, 0) is 36.2 Å². The summed E-state index contributed by atoms with van der Waals surface area (Å²) in [6.45, 7) is 1.39. The number of benzene rings is 2. The molecule has 30 heavy (non-hydrogen) atoms. The summed E-state index contributed by atoms with van der Waals surface area (Å²) >= 11 is 6.18. The second-order valence-electron chi connectivity index (χ2n) is 7.29. The Kier molecular flexibility index (Phi) is 6.57. The van der Waals surface area contributed by atoms with E-state index in [0.717, 1.165) is 12.2 Å². The van der Waals surface area contributed by atoms with E-state index < -0.39 is 5.79 Å². The van der Waals surface area contributed by atoms with Crippen molar-refractivity contribution in [3.8, 4) is 11.5 Å². The van der Waals surface area contributed by atoms with Crippen LogP contribution in [0.2, 0.25) is 5.02 Å². The Morgan fingerprint density at radius 1 is 1.20 bits per heavy atom. The van der Waals surface area contributed by atoms with Crippen LogP contribution >= 0.6 is 11.6 Å². The largest absolute Gasteiger partial charge is 0.497 e. The summed E-state index contributed by atoms with van der Waals surface area (Å²) in [5, 5.41) is 0.584. The molecule has 1 aliphatic rings. The summed E-state index contributed by atoms with van der Waals surface area (Å²) in [5.74, 6) is 0.750. The van der Waals surface area contributed by atoms with Crippen molar-refractivity contribution in [3.05, 3.63) is 77.8 Å². The quantitative estimate of drug-likeness (QED) is 0.506. The number of hydrogen-bond donors (Lipinski definition) is 0. The van der Waals surface area contributed by atoms with Gasteiger partial charge >= 0.3 is 0 Å². The van der Waals surface area contributed by atoms with Crippen LogP contribution in [0, 0.1) is 0 Å². The van der Waals surface area contributed by atoms with Crippen LogP contribution in [0.25, 0.3) is 0 Å². The number of rotatable bonds is 9. The maximum absolute atomic E-state index is 6.39. The fourth-order valence-electron chi connectivity index (χ4n) is 3.52. The van der Waals surface area contributed by atoms with Crippen LogP contribution in [0.4, 0.5) is 0 Å². The predicted molar refractivity (Wildman–Crippen MR) is 114 cm³/mol. The Bertz CT molecular complexity index is 933. The Hall–Kier alpha value is -2.54. The van der Waals surface area contributed by atoms with Crippen molar-refractivity contribution in [1.29, 1.82) is 0 Å². The predicted octanol–water partition coefficient (Wildman–Crippen LogP) is 4.37. The number of aromatic nitrogens is 2. The molecule has 4 rings (SSSR count). The van der Waals surface area contributed by atoms with E-state index in [1.54, 1.807) is 25.7 Å². The number of aryl methyl sites for hydroxylation is 1. The maximum atomic E-state index is 6.39. The second kappa shape index (κ2) is 9.51. The van der Waals surface area contributed by atoms with Crippen molar-refractivity contribution in [3.63, 3.8) is 0 Å².